The zero-order chi connectivity index (χ0) is 11.7. The number of rotatable bonds is 3. The summed E-state index contributed by atoms with van der Waals surface area (Å²) >= 11 is 0. The first-order valence-corrected chi connectivity index (χ1v) is 6.26. The van der Waals surface area contributed by atoms with Crippen LogP contribution in [0.1, 0.15) is 25.3 Å². The van der Waals surface area contributed by atoms with Crippen molar-refractivity contribution in [2.45, 2.75) is 25.8 Å². The topological polar surface area (TPSA) is 40.7 Å². The second-order valence-corrected chi connectivity index (χ2v) is 4.45. The monoisotopic (exact) mass is 227 g/mol. The lowest BCUT2D eigenvalue weighted by atomic mass is 10.0. The summed E-state index contributed by atoms with van der Waals surface area (Å²) in [6.45, 7) is 3.18. The molecule has 0 saturated carbocycles. The third-order valence-corrected chi connectivity index (χ3v) is 3.41. The van der Waals surface area contributed by atoms with Crippen LogP contribution in [0.15, 0.2) is 30.6 Å². The summed E-state index contributed by atoms with van der Waals surface area (Å²) in [5.41, 5.74) is 3.70. The van der Waals surface area contributed by atoms with E-state index in [-0.39, 0.29) is 0 Å². The van der Waals surface area contributed by atoms with E-state index in [4.69, 9.17) is 0 Å². The molecule has 88 valence electrons. The van der Waals surface area contributed by atoms with Gasteiger partial charge >= 0.3 is 0 Å². The van der Waals surface area contributed by atoms with Gasteiger partial charge in [0.25, 0.3) is 0 Å². The molecule has 1 atom stereocenters. The quantitative estimate of drug-likeness (QED) is 0.846. The highest BCUT2D eigenvalue weighted by Crippen LogP contribution is 2.32. The maximum Gasteiger partial charge on any atom is 0.137 e. The molecule has 2 aromatic heterocycles. The molecule has 0 aliphatic heterocycles. The highest BCUT2D eigenvalue weighted by atomic mass is 14.9. The largest absolute Gasteiger partial charge is 0.346 e. The Morgan fingerprint density at radius 3 is 3.35 bits per heavy atom. The fourth-order valence-electron chi connectivity index (χ4n) is 2.65. The molecule has 1 aliphatic rings. The van der Waals surface area contributed by atoms with E-state index in [0.29, 0.717) is 6.04 Å². The Bertz CT molecular complexity index is 553. The van der Waals surface area contributed by atoms with Crippen LogP contribution in [0.3, 0.4) is 0 Å². The van der Waals surface area contributed by atoms with Crippen LogP contribution >= 0.6 is 0 Å². The molecular formula is C14H17N3. The lowest BCUT2D eigenvalue weighted by molar-refractivity contribution is 0.614. The number of fused-ring (bicyclic) bond motifs is 1. The number of pyridine rings is 1. The highest BCUT2D eigenvalue weighted by Gasteiger charge is 2.21. The summed E-state index contributed by atoms with van der Waals surface area (Å²) in [5.74, 6) is 0. The molecule has 2 aromatic rings. The second-order valence-electron chi connectivity index (χ2n) is 4.45. The molecule has 2 heterocycles. The van der Waals surface area contributed by atoms with Crippen LogP contribution in [-0.2, 0) is 0 Å². The predicted molar refractivity (Wildman–Crippen MR) is 70.8 cm³/mol. The first kappa shape index (κ1) is 10.5. The third-order valence-electron chi connectivity index (χ3n) is 3.41. The maximum atomic E-state index is 4.34. The van der Waals surface area contributed by atoms with Gasteiger partial charge in [-0.2, -0.15) is 0 Å². The smallest absolute Gasteiger partial charge is 0.137 e. The molecule has 0 unspecified atom stereocenters. The van der Waals surface area contributed by atoms with Crippen molar-refractivity contribution < 1.29 is 0 Å². The van der Waals surface area contributed by atoms with Crippen LogP contribution in [0.4, 0.5) is 0 Å². The number of allylic oxidation sites excluding steroid dienone is 1. The lowest BCUT2D eigenvalue weighted by Crippen LogP contribution is -2.27. The van der Waals surface area contributed by atoms with Gasteiger partial charge in [0.15, 0.2) is 0 Å². The molecule has 0 aromatic carbocycles. The van der Waals surface area contributed by atoms with E-state index in [0.717, 1.165) is 12.2 Å². The number of hydrogen-bond donors (Lipinski definition) is 2. The maximum absolute atomic E-state index is 4.34. The van der Waals surface area contributed by atoms with Crippen molar-refractivity contribution in [2.75, 3.05) is 6.54 Å². The van der Waals surface area contributed by atoms with Crippen LogP contribution < -0.4 is 5.32 Å². The van der Waals surface area contributed by atoms with E-state index in [1.54, 1.807) is 0 Å². The van der Waals surface area contributed by atoms with E-state index in [1.807, 2.05) is 12.3 Å². The Morgan fingerprint density at radius 1 is 1.53 bits per heavy atom. The summed E-state index contributed by atoms with van der Waals surface area (Å²) in [7, 11) is 0. The number of H-pyrrole nitrogens is 1. The van der Waals surface area contributed by atoms with Gasteiger partial charge in [-0.05, 0) is 37.1 Å². The van der Waals surface area contributed by atoms with Crippen molar-refractivity contribution in [3.05, 3.63) is 36.2 Å². The van der Waals surface area contributed by atoms with Crippen molar-refractivity contribution in [2.24, 2.45) is 0 Å². The Balaban J connectivity index is 2.03. The summed E-state index contributed by atoms with van der Waals surface area (Å²) in [4.78, 5) is 7.59. The van der Waals surface area contributed by atoms with E-state index < -0.39 is 0 Å². The average Bonchev–Trinajstić information content (AvgIpc) is 2.95. The number of hydrogen-bond acceptors (Lipinski definition) is 2. The van der Waals surface area contributed by atoms with Crippen LogP contribution in [0, 0.1) is 0 Å². The van der Waals surface area contributed by atoms with Crippen molar-refractivity contribution in [3.63, 3.8) is 0 Å². The van der Waals surface area contributed by atoms with Crippen LogP contribution in [0.2, 0.25) is 0 Å². The van der Waals surface area contributed by atoms with Crippen molar-refractivity contribution in [1.82, 2.24) is 15.3 Å². The minimum atomic E-state index is 0.499. The molecule has 0 saturated heterocycles. The molecule has 2 N–H and O–H groups in total. The van der Waals surface area contributed by atoms with Gasteiger partial charge in [-0.1, -0.05) is 13.0 Å². The van der Waals surface area contributed by atoms with Crippen molar-refractivity contribution >= 4 is 16.6 Å². The highest BCUT2D eigenvalue weighted by molar-refractivity contribution is 5.92. The van der Waals surface area contributed by atoms with E-state index in [2.05, 4.69) is 40.5 Å². The molecule has 17 heavy (non-hydrogen) atoms. The van der Waals surface area contributed by atoms with Gasteiger partial charge in [0.1, 0.15) is 5.65 Å². The normalized spacial score (nSPS) is 19.8. The van der Waals surface area contributed by atoms with Gasteiger partial charge in [0, 0.05) is 29.4 Å². The number of aromatic amines is 1. The molecule has 0 radical (unpaired) electrons. The van der Waals surface area contributed by atoms with Gasteiger partial charge in [0.2, 0.25) is 0 Å². The second kappa shape index (κ2) is 4.34. The number of aromatic nitrogens is 2. The molecule has 1 aliphatic carbocycles. The molecule has 0 amide bonds. The Hall–Kier alpha value is -1.61. The first-order valence-electron chi connectivity index (χ1n) is 6.26. The summed E-state index contributed by atoms with van der Waals surface area (Å²) in [5, 5.41) is 4.77. The molecule has 0 spiro atoms. The minimum Gasteiger partial charge on any atom is -0.346 e. The minimum absolute atomic E-state index is 0.499. The fraction of sp³-hybridized carbons (Fsp3) is 0.357. The van der Waals surface area contributed by atoms with Gasteiger partial charge in [-0.3, -0.25) is 0 Å². The fourth-order valence-corrected chi connectivity index (χ4v) is 2.65. The SMILES string of the molecule is CCN[C@@H]1CCC=C1c1c[nH]c2ncccc12. The Kier molecular flexibility index (Phi) is 2.69. The standard InChI is InChI=1S/C14H17N3/c1-2-15-13-7-3-5-10(13)12-9-17-14-11(12)6-4-8-16-14/h4-6,8-9,13,15H,2-3,7H2,1H3,(H,16,17)/t13-/m1/s1. The van der Waals surface area contributed by atoms with Gasteiger partial charge in [-0.15, -0.1) is 0 Å². The van der Waals surface area contributed by atoms with Gasteiger partial charge in [0.05, 0.1) is 0 Å². The zero-order valence-corrected chi connectivity index (χ0v) is 10.0. The molecule has 0 fully saturated rings. The summed E-state index contributed by atoms with van der Waals surface area (Å²) in [6, 6.07) is 4.63. The van der Waals surface area contributed by atoms with Crippen molar-refractivity contribution in [3.8, 4) is 0 Å². The molecule has 3 heteroatoms. The van der Waals surface area contributed by atoms with E-state index >= 15 is 0 Å². The van der Waals surface area contributed by atoms with Gasteiger partial charge in [-0.25, -0.2) is 4.98 Å². The Labute approximate surface area is 101 Å². The number of likely N-dealkylation sites (N-methyl/N-ethyl adjacent to an activating group) is 1. The van der Waals surface area contributed by atoms with Crippen LogP contribution in [-0.4, -0.2) is 22.6 Å². The van der Waals surface area contributed by atoms with E-state index in [1.165, 1.54) is 29.4 Å². The molecule has 3 rings (SSSR count). The van der Waals surface area contributed by atoms with Crippen LogP contribution in [0.5, 0.6) is 0 Å². The van der Waals surface area contributed by atoms with Crippen LogP contribution in [0.25, 0.3) is 16.6 Å². The summed E-state index contributed by atoms with van der Waals surface area (Å²) in [6.07, 6.45) is 8.63. The average molecular weight is 227 g/mol. The molecular weight excluding hydrogens is 210 g/mol. The third kappa shape index (κ3) is 1.76. The Morgan fingerprint density at radius 2 is 2.47 bits per heavy atom. The van der Waals surface area contributed by atoms with Gasteiger partial charge < -0.3 is 10.3 Å². The zero-order valence-electron chi connectivity index (χ0n) is 10.0. The number of nitrogens with one attached hydrogen (secondary N) is 2. The lowest BCUT2D eigenvalue weighted by Gasteiger charge is -2.15. The summed E-state index contributed by atoms with van der Waals surface area (Å²) < 4.78 is 0. The first-order chi connectivity index (χ1) is 8.40. The predicted octanol–water partition coefficient (Wildman–Crippen LogP) is 2.72. The molecule has 3 nitrogen and oxygen atoms in total. The van der Waals surface area contributed by atoms with E-state index in [9.17, 15) is 0 Å². The number of nitrogens with zero attached hydrogens (tertiary/aromatic N) is 1. The molecule has 0 bridgehead atoms. The van der Waals surface area contributed by atoms with Crippen molar-refractivity contribution in [1.29, 1.82) is 0 Å².